The van der Waals surface area contributed by atoms with E-state index < -0.39 is 76.5 Å². The van der Waals surface area contributed by atoms with Crippen molar-refractivity contribution in [3.8, 4) is 5.75 Å². The number of nitrogens with zero attached hydrogens (tertiary/aromatic N) is 4. The average molecular weight is 738 g/mol. The third-order valence-corrected chi connectivity index (χ3v) is 8.98. The van der Waals surface area contributed by atoms with Gasteiger partial charge in [0.15, 0.2) is 5.75 Å². The van der Waals surface area contributed by atoms with Crippen LogP contribution in [-0.2, 0) is 25.0 Å². The maximum Gasteiger partial charge on any atom is 0.335 e. The van der Waals surface area contributed by atoms with Gasteiger partial charge >= 0.3 is 17.9 Å². The molecule has 51 heavy (non-hydrogen) atoms. The molecular weight excluding hydrogens is 714 g/mol. The molecular formula is C31H23N5O13S2. The van der Waals surface area contributed by atoms with Gasteiger partial charge in [-0.25, -0.2) is 9.59 Å². The minimum absolute atomic E-state index is 0.00961. The van der Waals surface area contributed by atoms with Crippen LogP contribution < -0.4 is 5.32 Å². The molecule has 5 aromatic carbocycles. The Bertz CT molecular complexity index is 2560. The number of carbonyl (C=O) groups is 3. The van der Waals surface area contributed by atoms with Gasteiger partial charge in [-0.1, -0.05) is 12.1 Å². The molecule has 1 unspecified atom stereocenters. The second-order valence-corrected chi connectivity index (χ2v) is 13.6. The highest BCUT2D eigenvalue weighted by molar-refractivity contribution is 7.86. The highest BCUT2D eigenvalue weighted by Gasteiger charge is 2.23. The number of hydrogen-bond acceptors (Lipinski definition) is 13. The van der Waals surface area contributed by atoms with Crippen molar-refractivity contribution in [1.82, 2.24) is 0 Å². The number of aromatic hydroxyl groups is 1. The number of rotatable bonds is 11. The standard InChI is InChI=1S/C31H23N5O13S2/c1-14(29(38)39)32-18-3-2-15-11-26(51(47,48)49)27(28(37)22(15)12-18)36-35-24-6-7-25(23-13-20(50(44,45)46)4-5-21(23)24)34-33-19-9-16(30(40)41)8-17(10-19)31(42)43/h2-14,32,37H,1H3,(H,38,39)(H,40,41)(H,42,43)(H,44,45,46)(H,47,48,49)/b34-33+,36-35+. The van der Waals surface area contributed by atoms with Crippen molar-refractivity contribution in [2.45, 2.75) is 22.8 Å². The summed E-state index contributed by atoms with van der Waals surface area (Å²) in [5, 5.41) is 57.8. The van der Waals surface area contributed by atoms with Crippen molar-refractivity contribution in [1.29, 1.82) is 0 Å². The summed E-state index contributed by atoms with van der Waals surface area (Å²) < 4.78 is 68.2. The van der Waals surface area contributed by atoms with Gasteiger partial charge < -0.3 is 25.7 Å². The number of fused-ring (bicyclic) bond motifs is 2. The summed E-state index contributed by atoms with van der Waals surface area (Å²) in [5.41, 5.74) is -1.59. The molecule has 0 aliphatic rings. The Morgan fingerprint density at radius 3 is 1.84 bits per heavy atom. The van der Waals surface area contributed by atoms with Crippen LogP contribution >= 0.6 is 0 Å². The molecule has 5 aromatic rings. The Morgan fingerprint density at radius 1 is 0.667 bits per heavy atom. The van der Waals surface area contributed by atoms with E-state index >= 15 is 0 Å². The van der Waals surface area contributed by atoms with Gasteiger partial charge in [-0.2, -0.15) is 21.9 Å². The third-order valence-electron chi connectivity index (χ3n) is 7.27. The van der Waals surface area contributed by atoms with Crippen LogP contribution in [0, 0.1) is 0 Å². The topological polar surface area (TPSA) is 302 Å². The molecule has 0 amide bonds. The largest absolute Gasteiger partial charge is 0.505 e. The average Bonchev–Trinajstić information content (AvgIpc) is 3.05. The quantitative estimate of drug-likeness (QED) is 0.0578. The molecule has 5 rings (SSSR count). The number of anilines is 1. The highest BCUT2D eigenvalue weighted by atomic mass is 32.2. The lowest BCUT2D eigenvalue weighted by Crippen LogP contribution is -2.25. The van der Waals surface area contributed by atoms with Crippen molar-refractivity contribution in [2.24, 2.45) is 20.5 Å². The Hall–Kier alpha value is -6.35. The number of carboxylic acid groups (broad SMARTS) is 3. The number of hydrogen-bond donors (Lipinski definition) is 7. The number of aliphatic carboxylic acids is 1. The van der Waals surface area contributed by atoms with Crippen molar-refractivity contribution in [3.63, 3.8) is 0 Å². The van der Waals surface area contributed by atoms with Crippen molar-refractivity contribution in [2.75, 3.05) is 5.32 Å². The Morgan fingerprint density at radius 2 is 1.27 bits per heavy atom. The number of nitrogens with one attached hydrogen (secondary N) is 1. The summed E-state index contributed by atoms with van der Waals surface area (Å²) >= 11 is 0. The van der Waals surface area contributed by atoms with Crippen LogP contribution in [0.2, 0.25) is 0 Å². The lowest BCUT2D eigenvalue weighted by atomic mass is 10.1. The molecule has 0 fully saturated rings. The molecule has 0 spiro atoms. The molecule has 0 aliphatic heterocycles. The van der Waals surface area contributed by atoms with Crippen LogP contribution in [0.25, 0.3) is 21.5 Å². The molecule has 1 atom stereocenters. The lowest BCUT2D eigenvalue weighted by Gasteiger charge is -2.13. The summed E-state index contributed by atoms with van der Waals surface area (Å²) in [5.74, 6) is -4.79. The summed E-state index contributed by atoms with van der Waals surface area (Å²) in [4.78, 5) is 32.9. The first-order valence-electron chi connectivity index (χ1n) is 14.1. The van der Waals surface area contributed by atoms with E-state index in [1.807, 2.05) is 0 Å². The first-order valence-corrected chi connectivity index (χ1v) is 17.0. The first kappa shape index (κ1) is 35.9. The summed E-state index contributed by atoms with van der Waals surface area (Å²) in [7, 11) is -9.78. The number of phenols is 1. The molecule has 20 heteroatoms. The van der Waals surface area contributed by atoms with E-state index in [1.165, 1.54) is 43.3 Å². The number of phenolic OH excluding ortho intramolecular Hbond substituents is 1. The summed E-state index contributed by atoms with van der Waals surface area (Å²) in [6.07, 6.45) is 0. The predicted molar refractivity (Wildman–Crippen MR) is 179 cm³/mol. The molecule has 0 aromatic heterocycles. The van der Waals surface area contributed by atoms with Crippen LogP contribution in [0.1, 0.15) is 27.6 Å². The molecule has 0 heterocycles. The van der Waals surface area contributed by atoms with Crippen LogP contribution in [0.4, 0.5) is 28.4 Å². The molecule has 0 saturated heterocycles. The second kappa shape index (κ2) is 13.5. The predicted octanol–water partition coefficient (Wildman–Crippen LogP) is 6.30. The Kier molecular flexibility index (Phi) is 9.52. The zero-order chi connectivity index (χ0) is 37.4. The molecule has 0 saturated carbocycles. The Labute approximate surface area is 286 Å². The fourth-order valence-electron chi connectivity index (χ4n) is 4.80. The molecule has 0 radical (unpaired) electrons. The van der Waals surface area contributed by atoms with Crippen molar-refractivity contribution < 1.29 is 60.8 Å². The van der Waals surface area contributed by atoms with Crippen LogP contribution in [0.5, 0.6) is 5.75 Å². The van der Waals surface area contributed by atoms with Gasteiger partial charge in [-0.05, 0) is 73.0 Å². The van der Waals surface area contributed by atoms with E-state index in [9.17, 15) is 60.8 Å². The van der Waals surface area contributed by atoms with Gasteiger partial charge in [-0.3, -0.25) is 13.9 Å². The molecule has 0 aliphatic carbocycles. The number of azo groups is 2. The normalized spacial score (nSPS) is 12.8. The van der Waals surface area contributed by atoms with E-state index in [0.29, 0.717) is 0 Å². The van der Waals surface area contributed by atoms with E-state index in [2.05, 4.69) is 25.8 Å². The zero-order valence-corrected chi connectivity index (χ0v) is 27.3. The van der Waals surface area contributed by atoms with Crippen LogP contribution in [0.3, 0.4) is 0 Å². The van der Waals surface area contributed by atoms with Gasteiger partial charge in [0.25, 0.3) is 20.2 Å². The smallest absolute Gasteiger partial charge is 0.335 e. The third kappa shape index (κ3) is 7.78. The van der Waals surface area contributed by atoms with Crippen LogP contribution in [-0.4, -0.2) is 70.3 Å². The van der Waals surface area contributed by atoms with Crippen LogP contribution in [0.15, 0.2) is 103 Å². The summed E-state index contributed by atoms with van der Waals surface area (Å²) in [6.45, 7) is 1.37. The number of aromatic carboxylic acids is 2. The fourth-order valence-corrected chi connectivity index (χ4v) is 5.96. The minimum atomic E-state index is -5.02. The van der Waals surface area contributed by atoms with E-state index in [-0.39, 0.29) is 44.3 Å². The van der Waals surface area contributed by atoms with Gasteiger partial charge in [0.1, 0.15) is 16.6 Å². The fraction of sp³-hybridized carbons (Fsp3) is 0.0645. The van der Waals surface area contributed by atoms with Crippen molar-refractivity contribution >= 4 is 88.1 Å². The zero-order valence-electron chi connectivity index (χ0n) is 25.7. The van der Waals surface area contributed by atoms with E-state index in [0.717, 1.165) is 36.4 Å². The molecule has 7 N–H and O–H groups in total. The minimum Gasteiger partial charge on any atom is -0.505 e. The van der Waals surface area contributed by atoms with Gasteiger partial charge in [0, 0.05) is 21.8 Å². The van der Waals surface area contributed by atoms with E-state index in [1.54, 1.807) is 0 Å². The molecule has 18 nitrogen and oxygen atoms in total. The number of benzene rings is 5. The van der Waals surface area contributed by atoms with Gasteiger partial charge in [-0.15, -0.1) is 15.3 Å². The Balaban J connectivity index is 1.66. The molecule has 0 bridgehead atoms. The van der Waals surface area contributed by atoms with Gasteiger partial charge in [0.2, 0.25) is 0 Å². The lowest BCUT2D eigenvalue weighted by molar-refractivity contribution is -0.137. The number of carboxylic acids is 3. The van der Waals surface area contributed by atoms with Gasteiger partial charge in [0.05, 0.1) is 33.1 Å². The molecule has 262 valence electrons. The SMILES string of the molecule is CC(Nc1ccc2cc(S(=O)(=O)O)c(/N=N/c3ccc(/N=N/c4cc(C(=O)O)cc(C(=O)O)c4)c4cc(S(=O)(=O)O)ccc34)c(O)c2c1)C(=O)O. The monoisotopic (exact) mass is 737 g/mol. The summed E-state index contributed by atoms with van der Waals surface area (Å²) in [6, 6.07) is 12.8. The second-order valence-electron chi connectivity index (χ2n) is 10.8. The maximum atomic E-state index is 12.3. The first-order chi connectivity index (χ1) is 23.8. The highest BCUT2D eigenvalue weighted by Crippen LogP contribution is 2.43. The maximum absolute atomic E-state index is 12.3. The van der Waals surface area contributed by atoms with E-state index in [4.69, 9.17) is 0 Å². The van der Waals surface area contributed by atoms with Crippen molar-refractivity contribution in [3.05, 3.63) is 83.9 Å².